The highest BCUT2D eigenvalue weighted by molar-refractivity contribution is 9.10. The van der Waals surface area contributed by atoms with Crippen LogP contribution >= 0.6 is 23.1 Å². The highest BCUT2D eigenvalue weighted by atomic mass is 79.9. The van der Waals surface area contributed by atoms with E-state index in [1.165, 1.54) is 16.8 Å². The van der Waals surface area contributed by atoms with Gasteiger partial charge in [0.05, 0.1) is 45.9 Å². The van der Waals surface area contributed by atoms with Crippen LogP contribution in [0.1, 0.15) is 63.0 Å². The van der Waals surface area contributed by atoms with Crippen LogP contribution in [0.5, 0.6) is 5.75 Å². The van der Waals surface area contributed by atoms with Gasteiger partial charge in [-0.15, -0.1) is 0 Å². The van der Waals surface area contributed by atoms with Crippen molar-refractivity contribution in [2.24, 2.45) is 13.0 Å². The average molecular weight is 1060 g/mol. The topological polar surface area (TPSA) is 187 Å². The number of nitrogens with one attached hydrogen (secondary N) is 3. The summed E-state index contributed by atoms with van der Waals surface area (Å²) >= 11 is 3.58. The van der Waals surface area contributed by atoms with Gasteiger partial charge in [-0.05, 0) is 104 Å². The highest BCUT2D eigenvalue weighted by Gasteiger charge is 2.37. The summed E-state index contributed by atoms with van der Waals surface area (Å²) in [6.07, 6.45) is 6.57. The fourth-order valence-electron chi connectivity index (χ4n) is 10.6. The number of benzene rings is 3. The summed E-state index contributed by atoms with van der Waals surface area (Å²) in [4.78, 5) is 68.7. The van der Waals surface area contributed by atoms with E-state index >= 15 is 8.78 Å². The van der Waals surface area contributed by atoms with Gasteiger partial charge in [0, 0.05) is 112 Å². The molecule has 0 aliphatic carbocycles. The maximum atomic E-state index is 15.3. The first-order chi connectivity index (χ1) is 34.0. The van der Waals surface area contributed by atoms with E-state index in [1.807, 2.05) is 16.7 Å². The molecule has 4 fully saturated rings. The number of ether oxygens (including phenoxy) is 1. The van der Waals surface area contributed by atoms with E-state index in [9.17, 15) is 23.7 Å². The number of fused-ring (bicyclic) bond motifs is 1. The fourth-order valence-corrected chi connectivity index (χ4v) is 12.4. The van der Waals surface area contributed by atoms with Gasteiger partial charge in [0.1, 0.15) is 30.3 Å². The minimum absolute atomic E-state index is 0.0215. The number of halogens is 3. The molecule has 3 aromatic carbocycles. The maximum Gasteiger partial charge on any atom is 0.274 e. The summed E-state index contributed by atoms with van der Waals surface area (Å²) < 4.78 is 52.4. The lowest BCUT2D eigenvalue weighted by Crippen LogP contribution is -2.55. The van der Waals surface area contributed by atoms with Crippen LogP contribution in [0, 0.1) is 17.6 Å². The molecular weight excluding hydrogens is 999 g/mol. The van der Waals surface area contributed by atoms with Crippen LogP contribution in [-0.2, 0) is 32.4 Å². The third-order valence-corrected chi connectivity index (χ3v) is 16.4. The predicted octanol–water partition coefficient (Wildman–Crippen LogP) is 6.62. The molecular formula is C50H59BrF2N11O6P. The molecule has 5 aromatic rings. The number of carbonyl (C=O) groups is 3. The summed E-state index contributed by atoms with van der Waals surface area (Å²) in [5.41, 5.74) is 3.26. The SMILES string of the molecule is CCOc1cc(N2CCC(N3CCN(C(=O)C4CCN(c5cc(F)c(C6CCC(=O)NC6=O)c(F)c5)C4)CC3)CC2)c(CC)cc1Nc1ncc(Br)c(Nc2ccc3c(=O)n(C)ncc3c2P(C)(C)=O)n1. The average Bonchev–Trinajstić information content (AvgIpc) is 3.85. The number of piperidine rings is 2. The van der Waals surface area contributed by atoms with E-state index in [1.54, 1.807) is 44.9 Å². The number of piperazine rings is 1. The number of nitrogens with zero attached hydrogens (tertiary/aromatic N) is 8. The molecule has 0 radical (unpaired) electrons. The number of hydrogen-bond acceptors (Lipinski definition) is 14. The molecule has 0 bridgehead atoms. The second kappa shape index (κ2) is 20.6. The van der Waals surface area contributed by atoms with Gasteiger partial charge in [-0.25, -0.2) is 18.4 Å². The van der Waals surface area contributed by atoms with Crippen molar-refractivity contribution in [2.45, 2.75) is 64.3 Å². The first-order valence-electron chi connectivity index (χ1n) is 24.3. The quantitative estimate of drug-likeness (QED) is 0.0844. The molecule has 2 aromatic heterocycles. The van der Waals surface area contributed by atoms with Crippen molar-refractivity contribution in [1.29, 1.82) is 0 Å². The summed E-state index contributed by atoms with van der Waals surface area (Å²) in [5.74, 6) is -2.67. The van der Waals surface area contributed by atoms with Crippen LogP contribution in [-0.4, -0.2) is 126 Å². The molecule has 9 rings (SSSR count). The smallest absolute Gasteiger partial charge is 0.274 e. The van der Waals surface area contributed by atoms with Crippen LogP contribution in [0.25, 0.3) is 10.8 Å². The second-order valence-corrected chi connectivity index (χ2v) is 23.1. The molecule has 21 heteroatoms. The van der Waals surface area contributed by atoms with Gasteiger partial charge in [-0.2, -0.15) is 10.1 Å². The molecule has 4 aliphatic heterocycles. The Balaban J connectivity index is 0.810. The summed E-state index contributed by atoms with van der Waals surface area (Å²) in [5, 5.41) is 14.6. The molecule has 4 aliphatic rings. The minimum atomic E-state index is -2.92. The van der Waals surface area contributed by atoms with E-state index in [2.05, 4.69) is 70.8 Å². The van der Waals surface area contributed by atoms with Crippen molar-refractivity contribution in [3.8, 4) is 5.75 Å². The Labute approximate surface area is 419 Å². The molecule has 17 nitrogen and oxygen atoms in total. The van der Waals surface area contributed by atoms with E-state index in [-0.39, 0.29) is 35.8 Å². The number of aryl methyl sites for hydroxylation is 2. The third kappa shape index (κ3) is 10.4. The molecule has 6 heterocycles. The van der Waals surface area contributed by atoms with Gasteiger partial charge in [0.25, 0.3) is 5.56 Å². The normalized spacial score (nSPS) is 19.4. The number of anilines is 6. The zero-order valence-electron chi connectivity index (χ0n) is 40.6. The second-order valence-electron chi connectivity index (χ2n) is 19.1. The van der Waals surface area contributed by atoms with Crippen molar-refractivity contribution >= 4 is 91.4 Å². The Morgan fingerprint density at radius 1 is 0.887 bits per heavy atom. The zero-order chi connectivity index (χ0) is 50.3. The van der Waals surface area contributed by atoms with E-state index < -0.39 is 36.5 Å². The molecule has 3 amide bonds. The number of rotatable bonds is 13. The molecule has 71 heavy (non-hydrogen) atoms. The molecule has 2 unspecified atom stereocenters. The van der Waals surface area contributed by atoms with Crippen LogP contribution in [0.3, 0.4) is 0 Å². The Bertz CT molecular complexity index is 2990. The maximum absolute atomic E-state index is 15.3. The lowest BCUT2D eigenvalue weighted by molar-refractivity contribution is -0.137. The minimum Gasteiger partial charge on any atom is -0.492 e. The van der Waals surface area contributed by atoms with Gasteiger partial charge in [0.15, 0.2) is 0 Å². The van der Waals surface area contributed by atoms with Gasteiger partial charge in [0.2, 0.25) is 23.7 Å². The highest BCUT2D eigenvalue weighted by Crippen LogP contribution is 2.42. The number of amides is 3. The van der Waals surface area contributed by atoms with Crippen molar-refractivity contribution in [2.75, 3.05) is 92.7 Å². The van der Waals surface area contributed by atoms with Crippen molar-refractivity contribution in [3.63, 3.8) is 0 Å². The van der Waals surface area contributed by atoms with E-state index in [4.69, 9.17) is 9.72 Å². The van der Waals surface area contributed by atoms with Gasteiger partial charge in [-0.3, -0.25) is 29.4 Å². The Morgan fingerprint density at radius 2 is 1.61 bits per heavy atom. The third-order valence-electron chi connectivity index (χ3n) is 14.2. The van der Waals surface area contributed by atoms with E-state index in [0.717, 1.165) is 62.4 Å². The summed E-state index contributed by atoms with van der Waals surface area (Å²) in [6.45, 7) is 13.2. The van der Waals surface area contributed by atoms with Gasteiger partial charge in [-0.1, -0.05) is 6.92 Å². The largest absolute Gasteiger partial charge is 0.492 e. The van der Waals surface area contributed by atoms with Crippen LogP contribution in [0.15, 0.2) is 58.1 Å². The van der Waals surface area contributed by atoms with Crippen molar-refractivity contribution < 1.29 is 32.5 Å². The number of aromatic nitrogens is 4. The molecule has 0 spiro atoms. The zero-order valence-corrected chi connectivity index (χ0v) is 43.0. The Kier molecular flexibility index (Phi) is 14.5. The fraction of sp³-hybridized carbons (Fsp3) is 0.460. The lowest BCUT2D eigenvalue weighted by Gasteiger charge is -2.44. The summed E-state index contributed by atoms with van der Waals surface area (Å²) in [6, 6.07) is 10.5. The number of imide groups is 1. The molecule has 4 saturated heterocycles. The molecule has 2 atom stereocenters. The van der Waals surface area contributed by atoms with E-state index in [0.29, 0.717) is 94.7 Å². The van der Waals surface area contributed by atoms with Crippen molar-refractivity contribution in [3.05, 3.63) is 86.4 Å². The standard InChI is InChI=1S/C50H59BrF2N11O6P/c1-6-29-22-40(57-50-54-27-36(51)46(59-50)56-39-10-8-33-35(45(39)71(4,5)69)26-55-60(3)49(33)68)42(70-7-2)25-41(29)62-16-13-31(14-17-62)61-18-20-63(21-19-61)48(67)30-12-15-64(28-30)32-23-37(52)44(38(53)24-32)34-9-11-43(65)58-47(34)66/h8,10,22-27,30-31,34H,6-7,9,11-21,28H2,1-5H3,(H,58,65,66)(H2,54,56,57,59). The monoisotopic (exact) mass is 1060 g/mol. The molecule has 376 valence electrons. The molecule has 3 N–H and O–H groups in total. The summed E-state index contributed by atoms with van der Waals surface area (Å²) in [7, 11) is -1.34. The van der Waals surface area contributed by atoms with Gasteiger partial charge >= 0.3 is 0 Å². The first-order valence-corrected chi connectivity index (χ1v) is 27.7. The number of carbonyl (C=O) groups excluding carboxylic acids is 3. The van der Waals surface area contributed by atoms with Gasteiger partial charge < -0.3 is 34.6 Å². The lowest BCUT2D eigenvalue weighted by atomic mass is 9.89. The Morgan fingerprint density at radius 3 is 2.28 bits per heavy atom. The van der Waals surface area contributed by atoms with Crippen LogP contribution in [0.4, 0.5) is 43.3 Å². The molecule has 0 saturated carbocycles. The van der Waals surface area contributed by atoms with Crippen LogP contribution in [0.2, 0.25) is 0 Å². The predicted molar refractivity (Wildman–Crippen MR) is 275 cm³/mol. The van der Waals surface area contributed by atoms with Crippen LogP contribution < -0.4 is 41.4 Å². The first kappa shape index (κ1) is 50.0. The number of hydrogen-bond donors (Lipinski definition) is 3. The Hall–Kier alpha value is -5.98. The van der Waals surface area contributed by atoms with Crippen molar-refractivity contribution in [1.82, 2.24) is 34.9 Å².